The van der Waals surface area contributed by atoms with E-state index in [1.165, 1.54) is 6.07 Å². The zero-order valence-electron chi connectivity index (χ0n) is 9.55. The standard InChI is InChI=1S/C11H14F2N2O/c1-5-16-8(3)10-9(11(4,12)13)6-7(2)14-15-10/h6H,3,5H2,1-2,4H3. The number of hydrogen-bond donors (Lipinski definition) is 0. The highest BCUT2D eigenvalue weighted by atomic mass is 19.3. The number of aryl methyl sites for hydroxylation is 1. The van der Waals surface area contributed by atoms with Crippen LogP contribution in [0.2, 0.25) is 0 Å². The summed E-state index contributed by atoms with van der Waals surface area (Å²) in [6, 6.07) is 1.30. The molecule has 5 heteroatoms. The molecule has 1 rings (SSSR count). The van der Waals surface area contributed by atoms with Crippen LogP contribution in [0.15, 0.2) is 12.6 Å². The summed E-state index contributed by atoms with van der Waals surface area (Å²) in [5, 5.41) is 7.44. The van der Waals surface area contributed by atoms with Gasteiger partial charge in [-0.3, -0.25) is 0 Å². The Kier molecular flexibility index (Phi) is 3.57. The quantitative estimate of drug-likeness (QED) is 0.743. The van der Waals surface area contributed by atoms with E-state index in [1.54, 1.807) is 13.8 Å². The van der Waals surface area contributed by atoms with Gasteiger partial charge in [0.15, 0.2) is 0 Å². The molecule has 0 atom stereocenters. The van der Waals surface area contributed by atoms with Gasteiger partial charge in [-0.1, -0.05) is 6.58 Å². The van der Waals surface area contributed by atoms with Crippen molar-refractivity contribution in [3.63, 3.8) is 0 Å². The minimum atomic E-state index is -2.99. The predicted octanol–water partition coefficient (Wildman–Crippen LogP) is 2.90. The van der Waals surface area contributed by atoms with Crippen LogP contribution >= 0.6 is 0 Å². The second kappa shape index (κ2) is 4.55. The summed E-state index contributed by atoms with van der Waals surface area (Å²) < 4.78 is 31.7. The minimum absolute atomic E-state index is 0.0138. The average molecular weight is 228 g/mol. The third-order valence-corrected chi connectivity index (χ3v) is 1.97. The molecule has 0 N–H and O–H groups in total. The lowest BCUT2D eigenvalue weighted by Crippen LogP contribution is -2.14. The van der Waals surface area contributed by atoms with Gasteiger partial charge < -0.3 is 4.74 Å². The molecule has 0 aliphatic carbocycles. The zero-order valence-corrected chi connectivity index (χ0v) is 9.55. The molecule has 0 saturated carbocycles. The van der Waals surface area contributed by atoms with E-state index in [2.05, 4.69) is 16.8 Å². The molecule has 88 valence electrons. The molecule has 1 aromatic heterocycles. The Hall–Kier alpha value is -1.52. The fourth-order valence-corrected chi connectivity index (χ4v) is 1.27. The lowest BCUT2D eigenvalue weighted by atomic mass is 10.1. The fourth-order valence-electron chi connectivity index (χ4n) is 1.27. The Morgan fingerprint density at radius 2 is 2.12 bits per heavy atom. The summed E-state index contributed by atoms with van der Waals surface area (Å²) in [4.78, 5) is 0. The Bertz CT molecular complexity index is 399. The van der Waals surface area contributed by atoms with E-state index >= 15 is 0 Å². The highest BCUT2D eigenvalue weighted by Crippen LogP contribution is 2.31. The molecule has 0 saturated heterocycles. The maximum atomic E-state index is 13.3. The molecule has 1 heterocycles. The molecule has 0 spiro atoms. The van der Waals surface area contributed by atoms with E-state index in [9.17, 15) is 8.78 Å². The first kappa shape index (κ1) is 12.5. The largest absolute Gasteiger partial charge is 0.492 e. The van der Waals surface area contributed by atoms with Crippen molar-refractivity contribution in [2.75, 3.05) is 6.61 Å². The maximum absolute atomic E-state index is 13.3. The molecule has 1 aromatic rings. The maximum Gasteiger partial charge on any atom is 0.272 e. The number of alkyl halides is 2. The van der Waals surface area contributed by atoms with Crippen molar-refractivity contribution in [2.24, 2.45) is 0 Å². The van der Waals surface area contributed by atoms with E-state index in [0.29, 0.717) is 12.3 Å². The highest BCUT2D eigenvalue weighted by Gasteiger charge is 2.30. The lowest BCUT2D eigenvalue weighted by molar-refractivity contribution is 0.0161. The van der Waals surface area contributed by atoms with E-state index in [-0.39, 0.29) is 17.0 Å². The summed E-state index contributed by atoms with van der Waals surface area (Å²) in [6.07, 6.45) is 0. The van der Waals surface area contributed by atoms with Gasteiger partial charge in [0.25, 0.3) is 5.92 Å². The predicted molar refractivity (Wildman–Crippen MR) is 57.0 cm³/mol. The van der Waals surface area contributed by atoms with Crippen LogP contribution in [-0.4, -0.2) is 16.8 Å². The van der Waals surface area contributed by atoms with Crippen LogP contribution in [0.5, 0.6) is 0 Å². The number of halogens is 2. The molecule has 0 bridgehead atoms. The second-order valence-electron chi connectivity index (χ2n) is 3.49. The zero-order chi connectivity index (χ0) is 12.3. The van der Waals surface area contributed by atoms with Crippen molar-refractivity contribution in [1.29, 1.82) is 0 Å². The molecule has 0 amide bonds. The minimum Gasteiger partial charge on any atom is -0.492 e. The summed E-state index contributed by atoms with van der Waals surface area (Å²) in [5.74, 6) is -2.87. The molecule has 0 unspecified atom stereocenters. The van der Waals surface area contributed by atoms with Crippen molar-refractivity contribution >= 4 is 5.76 Å². The normalized spacial score (nSPS) is 11.3. The van der Waals surface area contributed by atoms with Crippen LogP contribution in [-0.2, 0) is 10.7 Å². The number of aromatic nitrogens is 2. The van der Waals surface area contributed by atoms with E-state index < -0.39 is 5.92 Å². The van der Waals surface area contributed by atoms with Crippen molar-refractivity contribution in [1.82, 2.24) is 10.2 Å². The van der Waals surface area contributed by atoms with Crippen LogP contribution in [0.25, 0.3) is 5.76 Å². The first-order valence-electron chi connectivity index (χ1n) is 4.91. The number of rotatable bonds is 4. The number of ether oxygens (including phenoxy) is 1. The summed E-state index contributed by atoms with van der Waals surface area (Å²) in [6.45, 7) is 8.08. The van der Waals surface area contributed by atoms with Crippen LogP contribution in [0.3, 0.4) is 0 Å². The first-order valence-corrected chi connectivity index (χ1v) is 4.91. The van der Waals surface area contributed by atoms with Gasteiger partial charge in [-0.25, -0.2) is 8.78 Å². The smallest absolute Gasteiger partial charge is 0.272 e. The van der Waals surface area contributed by atoms with Crippen LogP contribution < -0.4 is 0 Å². The molecule has 16 heavy (non-hydrogen) atoms. The van der Waals surface area contributed by atoms with Crippen LogP contribution in [0.4, 0.5) is 8.78 Å². The molecular formula is C11H14F2N2O. The van der Waals surface area contributed by atoms with E-state index in [0.717, 1.165) is 6.92 Å². The second-order valence-corrected chi connectivity index (χ2v) is 3.49. The molecule has 0 aromatic carbocycles. The monoisotopic (exact) mass is 228 g/mol. The van der Waals surface area contributed by atoms with Gasteiger partial charge in [-0.15, -0.1) is 5.10 Å². The van der Waals surface area contributed by atoms with Crippen molar-refractivity contribution < 1.29 is 13.5 Å². The van der Waals surface area contributed by atoms with Gasteiger partial charge in [0.1, 0.15) is 11.5 Å². The van der Waals surface area contributed by atoms with Gasteiger partial charge in [0.05, 0.1) is 17.9 Å². The van der Waals surface area contributed by atoms with Gasteiger partial charge in [0, 0.05) is 6.92 Å². The SMILES string of the molecule is C=C(OCC)c1nnc(C)cc1C(C)(F)F. The topological polar surface area (TPSA) is 35.0 Å². The molecule has 0 aliphatic heterocycles. The third kappa shape index (κ3) is 2.74. The van der Waals surface area contributed by atoms with Crippen molar-refractivity contribution in [3.8, 4) is 0 Å². The lowest BCUT2D eigenvalue weighted by Gasteiger charge is -2.16. The number of nitrogens with zero attached hydrogens (tertiary/aromatic N) is 2. The molecule has 0 radical (unpaired) electrons. The molecule has 3 nitrogen and oxygen atoms in total. The molecule has 0 fully saturated rings. The van der Waals surface area contributed by atoms with Crippen molar-refractivity contribution in [2.45, 2.75) is 26.7 Å². The highest BCUT2D eigenvalue weighted by molar-refractivity contribution is 5.57. The Morgan fingerprint density at radius 3 is 2.62 bits per heavy atom. The van der Waals surface area contributed by atoms with Gasteiger partial charge in [0.2, 0.25) is 0 Å². The van der Waals surface area contributed by atoms with E-state index in [1.807, 2.05) is 0 Å². The van der Waals surface area contributed by atoms with Gasteiger partial charge in [-0.2, -0.15) is 5.10 Å². The number of hydrogen-bond acceptors (Lipinski definition) is 3. The van der Waals surface area contributed by atoms with E-state index in [4.69, 9.17) is 4.74 Å². The molecular weight excluding hydrogens is 214 g/mol. The van der Waals surface area contributed by atoms with Gasteiger partial charge >= 0.3 is 0 Å². The first-order chi connectivity index (χ1) is 7.36. The molecule has 0 aliphatic rings. The third-order valence-electron chi connectivity index (χ3n) is 1.97. The average Bonchev–Trinajstić information content (AvgIpc) is 2.16. The Morgan fingerprint density at radius 1 is 1.50 bits per heavy atom. The van der Waals surface area contributed by atoms with Gasteiger partial charge in [-0.05, 0) is 19.9 Å². The Balaban J connectivity index is 3.23. The summed E-state index contributed by atoms with van der Waals surface area (Å²) in [5.41, 5.74) is 0.239. The summed E-state index contributed by atoms with van der Waals surface area (Å²) in [7, 11) is 0. The van der Waals surface area contributed by atoms with Crippen molar-refractivity contribution in [3.05, 3.63) is 29.6 Å². The van der Waals surface area contributed by atoms with Crippen LogP contribution in [0.1, 0.15) is 30.8 Å². The fraction of sp³-hybridized carbons (Fsp3) is 0.455. The van der Waals surface area contributed by atoms with Crippen LogP contribution in [0, 0.1) is 6.92 Å². The Labute approximate surface area is 93.1 Å². The summed E-state index contributed by atoms with van der Waals surface area (Å²) >= 11 is 0.